The van der Waals surface area contributed by atoms with E-state index in [4.69, 9.17) is 10.5 Å². The molecule has 2 atom stereocenters. The minimum absolute atomic E-state index is 0.137. The van der Waals surface area contributed by atoms with Gasteiger partial charge in [-0.05, 0) is 25.5 Å². The summed E-state index contributed by atoms with van der Waals surface area (Å²) in [6, 6.07) is 4.25. The van der Waals surface area contributed by atoms with Crippen LogP contribution in [0.2, 0.25) is 0 Å². The lowest BCUT2D eigenvalue weighted by Gasteiger charge is -2.52. The predicted molar refractivity (Wildman–Crippen MR) is 69.9 cm³/mol. The Bertz CT molecular complexity index is 392. The van der Waals surface area contributed by atoms with E-state index in [9.17, 15) is 0 Å². The molecule has 1 aliphatic rings. The second-order valence-corrected chi connectivity index (χ2v) is 5.13. The molecule has 1 aromatic rings. The normalized spacial score (nSPS) is 26.3. The number of anilines is 2. The zero-order chi connectivity index (χ0) is 12.5. The van der Waals surface area contributed by atoms with E-state index in [2.05, 4.69) is 24.1 Å². The molecule has 2 unspecified atom stereocenters. The Morgan fingerprint density at radius 3 is 2.94 bits per heavy atom. The lowest BCUT2D eigenvalue weighted by atomic mass is 9.64. The van der Waals surface area contributed by atoms with Crippen molar-refractivity contribution in [3.8, 4) is 0 Å². The number of ether oxygens (including phenoxy) is 1. The molecule has 17 heavy (non-hydrogen) atoms. The van der Waals surface area contributed by atoms with E-state index in [1.54, 1.807) is 6.20 Å². The fraction of sp³-hybridized carbons (Fsp3) is 0.615. The number of nitrogens with one attached hydrogen (secondary N) is 1. The van der Waals surface area contributed by atoms with Crippen molar-refractivity contribution in [1.29, 1.82) is 0 Å². The molecule has 1 saturated carbocycles. The van der Waals surface area contributed by atoms with E-state index in [0.29, 0.717) is 18.0 Å². The van der Waals surface area contributed by atoms with Crippen molar-refractivity contribution in [3.05, 3.63) is 18.3 Å². The van der Waals surface area contributed by atoms with Gasteiger partial charge in [0, 0.05) is 24.3 Å². The fourth-order valence-corrected chi connectivity index (χ4v) is 2.34. The molecule has 0 spiro atoms. The maximum absolute atomic E-state index is 5.82. The van der Waals surface area contributed by atoms with Gasteiger partial charge in [0.25, 0.3) is 0 Å². The highest BCUT2D eigenvalue weighted by atomic mass is 16.5. The topological polar surface area (TPSA) is 60.2 Å². The van der Waals surface area contributed by atoms with Gasteiger partial charge in [0.2, 0.25) is 0 Å². The third-order valence-corrected chi connectivity index (χ3v) is 3.71. The Kier molecular flexibility index (Phi) is 3.24. The predicted octanol–water partition coefficient (Wildman–Crippen LogP) is 2.28. The van der Waals surface area contributed by atoms with E-state index in [0.717, 1.165) is 18.7 Å². The van der Waals surface area contributed by atoms with Gasteiger partial charge in [-0.2, -0.15) is 0 Å². The molecule has 2 rings (SSSR count). The van der Waals surface area contributed by atoms with Crippen molar-refractivity contribution < 1.29 is 4.74 Å². The summed E-state index contributed by atoms with van der Waals surface area (Å²) < 4.78 is 5.70. The van der Waals surface area contributed by atoms with Crippen LogP contribution >= 0.6 is 0 Å². The zero-order valence-electron chi connectivity index (χ0n) is 10.7. The minimum Gasteiger partial charge on any atom is -0.382 e. The van der Waals surface area contributed by atoms with Crippen LogP contribution in [0.15, 0.2) is 18.3 Å². The van der Waals surface area contributed by atoms with E-state index < -0.39 is 0 Å². The van der Waals surface area contributed by atoms with Gasteiger partial charge in [-0.25, -0.2) is 4.98 Å². The number of nitrogen functional groups attached to an aromatic ring is 1. The average molecular weight is 235 g/mol. The molecule has 0 amide bonds. The van der Waals surface area contributed by atoms with Crippen LogP contribution in [0.25, 0.3) is 0 Å². The van der Waals surface area contributed by atoms with Gasteiger partial charge in [-0.3, -0.25) is 0 Å². The number of nitrogens with two attached hydrogens (primary N) is 1. The number of hydrogen-bond donors (Lipinski definition) is 2. The third kappa shape index (κ3) is 2.22. The first-order chi connectivity index (χ1) is 8.05. The summed E-state index contributed by atoms with van der Waals surface area (Å²) in [7, 11) is 0. The molecule has 1 aliphatic carbocycles. The van der Waals surface area contributed by atoms with Crippen LogP contribution < -0.4 is 11.1 Å². The molecular weight excluding hydrogens is 214 g/mol. The summed E-state index contributed by atoms with van der Waals surface area (Å²) in [4.78, 5) is 4.08. The Labute approximate surface area is 103 Å². The zero-order valence-corrected chi connectivity index (χ0v) is 10.7. The number of hydrogen-bond acceptors (Lipinski definition) is 4. The van der Waals surface area contributed by atoms with Crippen molar-refractivity contribution in [1.82, 2.24) is 4.98 Å². The second-order valence-electron chi connectivity index (χ2n) is 5.13. The van der Waals surface area contributed by atoms with Crippen LogP contribution in [-0.2, 0) is 4.74 Å². The van der Waals surface area contributed by atoms with Crippen LogP contribution in [0, 0.1) is 5.41 Å². The SMILES string of the molecule is CCOC1CC(Nc2cccnc2N)C1(C)C. The summed E-state index contributed by atoms with van der Waals surface area (Å²) in [6.45, 7) is 7.26. The van der Waals surface area contributed by atoms with Crippen LogP contribution in [-0.4, -0.2) is 23.7 Å². The summed E-state index contributed by atoms with van der Waals surface area (Å²) >= 11 is 0. The maximum atomic E-state index is 5.82. The smallest absolute Gasteiger partial charge is 0.146 e. The van der Waals surface area contributed by atoms with Crippen molar-refractivity contribution in [2.75, 3.05) is 17.7 Å². The standard InChI is InChI=1S/C13H21N3O/c1-4-17-11-8-10(13(11,2)3)16-9-6-5-7-15-12(9)14/h5-7,10-11,16H,4,8H2,1-3H3,(H2,14,15). The van der Waals surface area contributed by atoms with Crippen molar-refractivity contribution in [2.45, 2.75) is 39.3 Å². The molecule has 0 saturated heterocycles. The molecule has 0 radical (unpaired) electrons. The first-order valence-electron chi connectivity index (χ1n) is 6.14. The lowest BCUT2D eigenvalue weighted by molar-refractivity contribution is -0.0975. The molecule has 0 aliphatic heterocycles. The first kappa shape index (κ1) is 12.2. The van der Waals surface area contributed by atoms with E-state index >= 15 is 0 Å². The van der Waals surface area contributed by atoms with Crippen molar-refractivity contribution in [3.63, 3.8) is 0 Å². The Balaban J connectivity index is 2.01. The van der Waals surface area contributed by atoms with Crippen LogP contribution in [0.4, 0.5) is 11.5 Å². The maximum Gasteiger partial charge on any atom is 0.146 e. The quantitative estimate of drug-likeness (QED) is 0.840. The molecule has 1 aromatic heterocycles. The van der Waals surface area contributed by atoms with Crippen LogP contribution in [0.5, 0.6) is 0 Å². The average Bonchev–Trinajstić information content (AvgIpc) is 2.30. The van der Waals surface area contributed by atoms with Gasteiger partial charge < -0.3 is 15.8 Å². The Morgan fingerprint density at radius 2 is 2.35 bits per heavy atom. The monoisotopic (exact) mass is 235 g/mol. The van der Waals surface area contributed by atoms with Gasteiger partial charge in [-0.15, -0.1) is 0 Å². The molecular formula is C13H21N3O. The van der Waals surface area contributed by atoms with E-state index in [-0.39, 0.29) is 5.41 Å². The number of pyridine rings is 1. The summed E-state index contributed by atoms with van der Waals surface area (Å²) in [5.41, 5.74) is 6.88. The Hall–Kier alpha value is -1.29. The van der Waals surface area contributed by atoms with Crippen molar-refractivity contribution in [2.24, 2.45) is 5.41 Å². The molecule has 4 nitrogen and oxygen atoms in total. The molecule has 4 heteroatoms. The highest BCUT2D eigenvalue weighted by molar-refractivity contribution is 5.61. The second kappa shape index (κ2) is 4.53. The molecule has 1 heterocycles. The third-order valence-electron chi connectivity index (χ3n) is 3.71. The first-order valence-corrected chi connectivity index (χ1v) is 6.14. The van der Waals surface area contributed by atoms with Crippen molar-refractivity contribution >= 4 is 11.5 Å². The summed E-state index contributed by atoms with van der Waals surface area (Å²) in [6.07, 6.45) is 3.06. The number of nitrogens with zero attached hydrogens (tertiary/aromatic N) is 1. The largest absolute Gasteiger partial charge is 0.382 e. The molecule has 0 bridgehead atoms. The van der Waals surface area contributed by atoms with Gasteiger partial charge in [-0.1, -0.05) is 13.8 Å². The number of aromatic nitrogens is 1. The summed E-state index contributed by atoms with van der Waals surface area (Å²) in [5.74, 6) is 0.558. The number of rotatable bonds is 4. The molecule has 0 aromatic carbocycles. The van der Waals surface area contributed by atoms with Gasteiger partial charge >= 0.3 is 0 Å². The van der Waals surface area contributed by atoms with E-state index in [1.807, 2.05) is 19.1 Å². The van der Waals surface area contributed by atoms with E-state index in [1.165, 1.54) is 0 Å². The molecule has 3 N–H and O–H groups in total. The lowest BCUT2D eigenvalue weighted by Crippen LogP contribution is -2.58. The molecule has 1 fully saturated rings. The van der Waals surface area contributed by atoms with Gasteiger partial charge in [0.05, 0.1) is 11.8 Å². The summed E-state index contributed by atoms with van der Waals surface area (Å²) in [5, 5.41) is 3.46. The molecule has 94 valence electrons. The van der Waals surface area contributed by atoms with Crippen LogP contribution in [0.1, 0.15) is 27.2 Å². The van der Waals surface area contributed by atoms with Crippen LogP contribution in [0.3, 0.4) is 0 Å². The van der Waals surface area contributed by atoms with Gasteiger partial charge in [0.1, 0.15) is 5.82 Å². The highest BCUT2D eigenvalue weighted by Gasteiger charge is 2.48. The minimum atomic E-state index is 0.137. The Morgan fingerprint density at radius 1 is 1.59 bits per heavy atom. The highest BCUT2D eigenvalue weighted by Crippen LogP contribution is 2.44. The fourth-order valence-electron chi connectivity index (χ4n) is 2.34. The van der Waals surface area contributed by atoms with Gasteiger partial charge in [0.15, 0.2) is 0 Å².